The molecule has 0 aliphatic carbocycles. The number of fused-ring (bicyclic) bond motifs is 1. The Bertz CT molecular complexity index is 558. The van der Waals surface area contributed by atoms with Crippen molar-refractivity contribution in [1.82, 2.24) is 0 Å². The van der Waals surface area contributed by atoms with Gasteiger partial charge < -0.3 is 15.1 Å². The first-order valence-corrected chi connectivity index (χ1v) is 6.88. The van der Waals surface area contributed by atoms with Crippen molar-refractivity contribution in [3.8, 4) is 0 Å². The SMILES string of the molecule is C[C@@H](/C=C/CCO)[C@]1(O)C(=O)N(C)c2ccc(Cl)cc21. The number of nitrogens with zero attached hydrogens (tertiary/aromatic N) is 1. The van der Waals surface area contributed by atoms with Crippen molar-refractivity contribution in [3.63, 3.8) is 0 Å². The summed E-state index contributed by atoms with van der Waals surface area (Å²) in [5, 5.41) is 20.2. The fourth-order valence-electron chi connectivity index (χ4n) is 2.54. The Kier molecular flexibility index (Phi) is 4.18. The van der Waals surface area contributed by atoms with Crippen LogP contribution in [0.5, 0.6) is 0 Å². The lowest BCUT2D eigenvalue weighted by Crippen LogP contribution is -2.43. The number of anilines is 1. The summed E-state index contributed by atoms with van der Waals surface area (Å²) in [6.07, 6.45) is 4.00. The van der Waals surface area contributed by atoms with E-state index in [1.165, 1.54) is 4.90 Å². The predicted molar refractivity (Wildman–Crippen MR) is 78.8 cm³/mol. The third-order valence-corrected chi connectivity index (χ3v) is 3.98. The van der Waals surface area contributed by atoms with E-state index in [0.717, 1.165) is 0 Å². The number of hydrogen-bond acceptors (Lipinski definition) is 3. The first kappa shape index (κ1) is 15.0. The van der Waals surface area contributed by atoms with Crippen molar-refractivity contribution in [2.75, 3.05) is 18.6 Å². The Labute approximate surface area is 123 Å². The van der Waals surface area contributed by atoms with Gasteiger partial charge in [-0.3, -0.25) is 4.79 Å². The molecule has 0 saturated carbocycles. The highest BCUT2D eigenvalue weighted by molar-refractivity contribution is 6.31. The first-order valence-electron chi connectivity index (χ1n) is 6.51. The third-order valence-electron chi connectivity index (χ3n) is 3.74. The van der Waals surface area contributed by atoms with Crippen LogP contribution in [0.2, 0.25) is 5.02 Å². The summed E-state index contributed by atoms with van der Waals surface area (Å²) in [6.45, 7) is 1.81. The molecular formula is C15H18ClNO3. The molecule has 0 radical (unpaired) electrons. The minimum Gasteiger partial charge on any atom is -0.396 e. The summed E-state index contributed by atoms with van der Waals surface area (Å²) in [5.41, 5.74) is -0.413. The van der Waals surface area contributed by atoms with Crippen LogP contribution in [0.4, 0.5) is 5.69 Å². The van der Waals surface area contributed by atoms with Crippen molar-refractivity contribution in [1.29, 1.82) is 0 Å². The molecule has 1 aliphatic rings. The highest BCUT2D eigenvalue weighted by atomic mass is 35.5. The normalized spacial score (nSPS) is 23.4. The van der Waals surface area contributed by atoms with E-state index in [1.807, 2.05) is 0 Å². The Balaban J connectivity index is 2.45. The minimum atomic E-state index is -1.61. The Morgan fingerprint density at radius 2 is 2.20 bits per heavy atom. The fraction of sp³-hybridized carbons (Fsp3) is 0.400. The average molecular weight is 296 g/mol. The second-order valence-electron chi connectivity index (χ2n) is 5.02. The minimum absolute atomic E-state index is 0.0396. The molecule has 2 N–H and O–H groups in total. The van der Waals surface area contributed by atoms with Crippen molar-refractivity contribution < 1.29 is 15.0 Å². The molecule has 2 atom stereocenters. The van der Waals surface area contributed by atoms with Crippen molar-refractivity contribution in [2.24, 2.45) is 5.92 Å². The zero-order valence-electron chi connectivity index (χ0n) is 11.5. The van der Waals surface area contributed by atoms with Crippen LogP contribution in [0, 0.1) is 5.92 Å². The van der Waals surface area contributed by atoms with Gasteiger partial charge in [0.25, 0.3) is 5.91 Å². The van der Waals surface area contributed by atoms with Crippen LogP contribution in [-0.4, -0.2) is 29.8 Å². The molecule has 1 aromatic rings. The maximum Gasteiger partial charge on any atom is 0.264 e. The number of aliphatic hydroxyl groups excluding tert-OH is 1. The Hall–Kier alpha value is -1.36. The van der Waals surface area contributed by atoms with Crippen LogP contribution in [0.25, 0.3) is 0 Å². The fourth-order valence-corrected chi connectivity index (χ4v) is 2.71. The number of halogens is 1. The second-order valence-corrected chi connectivity index (χ2v) is 5.46. The van der Waals surface area contributed by atoms with Crippen LogP contribution in [0.15, 0.2) is 30.4 Å². The van der Waals surface area contributed by atoms with E-state index >= 15 is 0 Å². The van der Waals surface area contributed by atoms with Gasteiger partial charge in [0.1, 0.15) is 0 Å². The predicted octanol–water partition coefficient (Wildman–Crippen LogP) is 2.08. The average Bonchev–Trinajstić information content (AvgIpc) is 2.62. The molecule has 1 amide bonds. The van der Waals surface area contributed by atoms with E-state index in [-0.39, 0.29) is 12.5 Å². The number of amides is 1. The molecule has 0 saturated heterocycles. The van der Waals surface area contributed by atoms with E-state index in [0.29, 0.717) is 22.7 Å². The van der Waals surface area contributed by atoms with Crippen LogP contribution in [0.3, 0.4) is 0 Å². The molecule has 1 aromatic carbocycles. The van der Waals surface area contributed by atoms with Gasteiger partial charge in [0.15, 0.2) is 5.60 Å². The van der Waals surface area contributed by atoms with Crippen LogP contribution in [0.1, 0.15) is 18.9 Å². The lowest BCUT2D eigenvalue weighted by atomic mass is 9.83. The largest absolute Gasteiger partial charge is 0.396 e. The molecule has 0 aromatic heterocycles. The molecule has 5 heteroatoms. The Morgan fingerprint density at radius 3 is 2.85 bits per heavy atom. The number of carbonyl (C=O) groups is 1. The molecule has 1 heterocycles. The number of likely N-dealkylation sites (N-methyl/N-ethyl adjacent to an activating group) is 1. The zero-order chi connectivity index (χ0) is 14.9. The molecule has 20 heavy (non-hydrogen) atoms. The van der Waals surface area contributed by atoms with Gasteiger partial charge in [-0.2, -0.15) is 0 Å². The summed E-state index contributed by atoms with van der Waals surface area (Å²) in [5.74, 6) is -0.778. The first-order chi connectivity index (χ1) is 9.42. The van der Waals surface area contributed by atoms with Crippen molar-refractivity contribution >= 4 is 23.2 Å². The summed E-state index contributed by atoms with van der Waals surface area (Å²) in [7, 11) is 1.64. The molecule has 2 rings (SSSR count). The molecule has 0 fully saturated rings. The highest BCUT2D eigenvalue weighted by Crippen LogP contribution is 2.45. The van der Waals surface area contributed by atoms with Crippen LogP contribution >= 0.6 is 11.6 Å². The highest BCUT2D eigenvalue weighted by Gasteiger charge is 2.51. The lowest BCUT2D eigenvalue weighted by molar-refractivity contribution is -0.139. The molecular weight excluding hydrogens is 278 g/mol. The molecule has 0 bridgehead atoms. The summed E-state index contributed by atoms with van der Waals surface area (Å²) >= 11 is 5.99. The summed E-state index contributed by atoms with van der Waals surface area (Å²) in [4.78, 5) is 13.9. The van der Waals surface area contributed by atoms with Gasteiger partial charge in [0.2, 0.25) is 0 Å². The van der Waals surface area contributed by atoms with Gasteiger partial charge in [0, 0.05) is 30.2 Å². The topological polar surface area (TPSA) is 60.8 Å². The zero-order valence-corrected chi connectivity index (χ0v) is 12.3. The molecule has 4 nitrogen and oxygen atoms in total. The van der Waals surface area contributed by atoms with Gasteiger partial charge in [-0.05, 0) is 24.6 Å². The lowest BCUT2D eigenvalue weighted by Gasteiger charge is -2.27. The smallest absolute Gasteiger partial charge is 0.264 e. The number of carbonyl (C=O) groups excluding carboxylic acids is 1. The standard InChI is InChI=1S/C15H18ClNO3/c1-10(5-3-4-8-18)15(20)12-9-11(16)6-7-13(12)17(2)14(15)19/h3,5-7,9-10,18,20H,4,8H2,1-2H3/b5-3+/t10-,15+/m0/s1. The van der Waals surface area contributed by atoms with E-state index in [4.69, 9.17) is 16.7 Å². The van der Waals surface area contributed by atoms with Gasteiger partial charge in [-0.1, -0.05) is 30.7 Å². The number of hydrogen-bond donors (Lipinski definition) is 2. The monoisotopic (exact) mass is 295 g/mol. The van der Waals surface area contributed by atoms with E-state index < -0.39 is 11.5 Å². The number of rotatable bonds is 4. The second kappa shape index (κ2) is 5.56. The summed E-state index contributed by atoms with van der Waals surface area (Å²) in [6, 6.07) is 5.06. The van der Waals surface area contributed by atoms with Gasteiger partial charge in [-0.15, -0.1) is 0 Å². The molecule has 1 aliphatic heterocycles. The van der Waals surface area contributed by atoms with Gasteiger partial charge in [0.05, 0.1) is 5.69 Å². The van der Waals surface area contributed by atoms with Crippen molar-refractivity contribution in [2.45, 2.75) is 18.9 Å². The quantitative estimate of drug-likeness (QED) is 0.836. The van der Waals surface area contributed by atoms with E-state index in [9.17, 15) is 9.90 Å². The number of aliphatic hydroxyl groups is 2. The van der Waals surface area contributed by atoms with Crippen molar-refractivity contribution in [3.05, 3.63) is 40.9 Å². The molecule has 108 valence electrons. The summed E-state index contributed by atoms with van der Waals surface area (Å²) < 4.78 is 0. The van der Waals surface area contributed by atoms with E-state index in [1.54, 1.807) is 44.3 Å². The van der Waals surface area contributed by atoms with Gasteiger partial charge in [-0.25, -0.2) is 0 Å². The van der Waals surface area contributed by atoms with E-state index in [2.05, 4.69) is 0 Å². The van der Waals surface area contributed by atoms with Crippen LogP contribution < -0.4 is 4.90 Å². The maximum atomic E-state index is 12.4. The van der Waals surface area contributed by atoms with Gasteiger partial charge >= 0.3 is 0 Å². The van der Waals surface area contributed by atoms with Crippen LogP contribution in [-0.2, 0) is 10.4 Å². The molecule has 0 spiro atoms. The molecule has 0 unspecified atom stereocenters. The Morgan fingerprint density at radius 1 is 1.50 bits per heavy atom. The number of benzene rings is 1. The third kappa shape index (κ3) is 2.24. The maximum absolute atomic E-state index is 12.4.